The van der Waals surface area contributed by atoms with Gasteiger partial charge < -0.3 is 11.1 Å². The summed E-state index contributed by atoms with van der Waals surface area (Å²) in [4.78, 5) is 11.0. The normalized spacial score (nSPS) is 19.9. The summed E-state index contributed by atoms with van der Waals surface area (Å²) in [5, 5.41) is 3.47. The predicted molar refractivity (Wildman–Crippen MR) is 86.4 cm³/mol. The second-order valence-electron chi connectivity index (χ2n) is 5.35. The quantitative estimate of drug-likeness (QED) is 0.845. The van der Waals surface area contributed by atoms with Crippen molar-refractivity contribution in [2.75, 3.05) is 5.32 Å². The van der Waals surface area contributed by atoms with Crippen molar-refractivity contribution in [1.82, 2.24) is 0 Å². The van der Waals surface area contributed by atoms with E-state index in [1.165, 1.54) is 11.1 Å². The van der Waals surface area contributed by atoms with Gasteiger partial charge >= 0.3 is 0 Å². The number of benzene rings is 2. The molecule has 3 nitrogen and oxygen atoms in total. The first-order valence-corrected chi connectivity index (χ1v) is 7.04. The molecule has 0 saturated carbocycles. The van der Waals surface area contributed by atoms with Crippen molar-refractivity contribution in [1.29, 1.82) is 0 Å². The fraction of sp³-hybridized carbons (Fsp3) is 0.167. The second-order valence-corrected chi connectivity index (χ2v) is 5.35. The van der Waals surface area contributed by atoms with Crippen molar-refractivity contribution >= 4 is 18.0 Å². The standard InChI is InChI=1S/C18H18N2O/c1-2-12-9-15(8-7-14(12)11-21)20-17-10-13-5-3-4-6-16(13)18(17)19/h2-9,11,17-18,20H,1,10,19H2. The van der Waals surface area contributed by atoms with Gasteiger partial charge in [0.1, 0.15) is 0 Å². The van der Waals surface area contributed by atoms with Crippen LogP contribution in [0.1, 0.15) is 33.1 Å². The average Bonchev–Trinajstić information content (AvgIpc) is 2.84. The van der Waals surface area contributed by atoms with Crippen molar-refractivity contribution in [3.05, 3.63) is 71.3 Å². The van der Waals surface area contributed by atoms with Gasteiger partial charge in [-0.2, -0.15) is 0 Å². The molecule has 0 heterocycles. The highest BCUT2D eigenvalue weighted by atomic mass is 16.1. The monoisotopic (exact) mass is 278 g/mol. The van der Waals surface area contributed by atoms with Crippen molar-refractivity contribution in [2.45, 2.75) is 18.5 Å². The van der Waals surface area contributed by atoms with Gasteiger partial charge in [0, 0.05) is 17.3 Å². The first-order valence-electron chi connectivity index (χ1n) is 7.04. The Kier molecular flexibility index (Phi) is 3.59. The third kappa shape index (κ3) is 2.48. The maximum atomic E-state index is 11.0. The molecule has 1 aliphatic carbocycles. The molecule has 0 amide bonds. The maximum Gasteiger partial charge on any atom is 0.150 e. The first-order chi connectivity index (χ1) is 10.2. The molecule has 3 rings (SSSR count). The van der Waals surface area contributed by atoms with Crippen LogP contribution in [-0.4, -0.2) is 12.3 Å². The molecular formula is C18H18N2O. The number of anilines is 1. The number of nitrogens with two attached hydrogens (primary N) is 1. The Morgan fingerprint density at radius 3 is 2.71 bits per heavy atom. The molecule has 3 N–H and O–H groups in total. The first kappa shape index (κ1) is 13.6. The molecule has 2 unspecified atom stereocenters. The lowest BCUT2D eigenvalue weighted by atomic mass is 10.1. The van der Waals surface area contributed by atoms with E-state index in [2.05, 4.69) is 24.0 Å². The summed E-state index contributed by atoms with van der Waals surface area (Å²) in [6.07, 6.45) is 3.45. The number of hydrogen-bond acceptors (Lipinski definition) is 3. The Balaban J connectivity index is 1.82. The Morgan fingerprint density at radius 2 is 2.00 bits per heavy atom. The third-order valence-corrected chi connectivity index (χ3v) is 4.07. The number of nitrogens with one attached hydrogen (secondary N) is 1. The zero-order valence-electron chi connectivity index (χ0n) is 11.8. The zero-order valence-corrected chi connectivity index (χ0v) is 11.8. The number of hydrogen-bond donors (Lipinski definition) is 2. The molecule has 106 valence electrons. The Bertz CT molecular complexity index is 693. The van der Waals surface area contributed by atoms with Crippen LogP contribution in [0.25, 0.3) is 6.08 Å². The highest BCUT2D eigenvalue weighted by molar-refractivity contribution is 5.83. The lowest BCUT2D eigenvalue weighted by molar-refractivity contribution is 0.112. The molecule has 0 aliphatic heterocycles. The van der Waals surface area contributed by atoms with Crippen LogP contribution in [0, 0.1) is 0 Å². The molecule has 0 aromatic heterocycles. The van der Waals surface area contributed by atoms with Gasteiger partial charge in [-0.05, 0) is 41.3 Å². The van der Waals surface area contributed by atoms with Gasteiger partial charge in [0.05, 0.1) is 6.04 Å². The SMILES string of the molecule is C=Cc1cc(NC2Cc3ccccc3C2N)ccc1C=O. The summed E-state index contributed by atoms with van der Waals surface area (Å²) in [6.45, 7) is 3.75. The maximum absolute atomic E-state index is 11.0. The lowest BCUT2D eigenvalue weighted by Crippen LogP contribution is -2.29. The van der Waals surface area contributed by atoms with E-state index >= 15 is 0 Å². The van der Waals surface area contributed by atoms with E-state index < -0.39 is 0 Å². The van der Waals surface area contributed by atoms with Crippen molar-refractivity contribution in [3.8, 4) is 0 Å². The summed E-state index contributed by atoms with van der Waals surface area (Å²) in [7, 11) is 0. The molecule has 1 aliphatic rings. The van der Waals surface area contributed by atoms with Crippen LogP contribution < -0.4 is 11.1 Å². The van der Waals surface area contributed by atoms with Gasteiger partial charge in [0.15, 0.2) is 6.29 Å². The van der Waals surface area contributed by atoms with Crippen molar-refractivity contribution in [2.24, 2.45) is 5.73 Å². The smallest absolute Gasteiger partial charge is 0.150 e. The Morgan fingerprint density at radius 1 is 1.19 bits per heavy atom. The minimum atomic E-state index is -0.0147. The second kappa shape index (κ2) is 5.54. The Labute approximate surface area is 124 Å². The van der Waals surface area contributed by atoms with Gasteiger partial charge in [0.25, 0.3) is 0 Å². The van der Waals surface area contributed by atoms with Gasteiger partial charge in [-0.15, -0.1) is 0 Å². The van der Waals surface area contributed by atoms with Crippen LogP contribution in [0.15, 0.2) is 49.0 Å². The molecular weight excluding hydrogens is 260 g/mol. The average molecular weight is 278 g/mol. The molecule has 0 saturated heterocycles. The van der Waals surface area contributed by atoms with Crippen LogP contribution in [0.2, 0.25) is 0 Å². The van der Waals surface area contributed by atoms with Crippen molar-refractivity contribution in [3.63, 3.8) is 0 Å². The minimum absolute atomic E-state index is 0.0147. The molecule has 0 radical (unpaired) electrons. The van der Waals surface area contributed by atoms with E-state index in [9.17, 15) is 4.79 Å². The minimum Gasteiger partial charge on any atom is -0.380 e. The van der Waals surface area contributed by atoms with Crippen molar-refractivity contribution < 1.29 is 4.79 Å². The number of fused-ring (bicyclic) bond motifs is 1. The fourth-order valence-electron chi connectivity index (χ4n) is 2.93. The number of carbonyl (C=O) groups is 1. The zero-order chi connectivity index (χ0) is 14.8. The number of aldehydes is 1. The van der Waals surface area contributed by atoms with Gasteiger partial charge in [-0.3, -0.25) is 4.79 Å². The summed E-state index contributed by atoms with van der Waals surface area (Å²) < 4.78 is 0. The van der Waals surface area contributed by atoms with Crippen LogP contribution >= 0.6 is 0 Å². The van der Waals surface area contributed by atoms with E-state index in [1.54, 1.807) is 12.1 Å². The van der Waals surface area contributed by atoms with E-state index in [0.717, 1.165) is 24.0 Å². The van der Waals surface area contributed by atoms with Gasteiger partial charge in [-0.1, -0.05) is 36.9 Å². The topological polar surface area (TPSA) is 55.1 Å². The van der Waals surface area contributed by atoms with E-state index in [-0.39, 0.29) is 12.1 Å². The van der Waals surface area contributed by atoms with Crippen LogP contribution in [-0.2, 0) is 6.42 Å². The summed E-state index contributed by atoms with van der Waals surface area (Å²) in [5.74, 6) is 0. The van der Waals surface area contributed by atoms with Gasteiger partial charge in [0.2, 0.25) is 0 Å². The van der Waals surface area contributed by atoms with E-state index in [1.807, 2.05) is 24.3 Å². The fourth-order valence-corrected chi connectivity index (χ4v) is 2.93. The molecule has 2 atom stereocenters. The predicted octanol–water partition coefficient (Wildman–Crippen LogP) is 3.18. The Hall–Kier alpha value is -2.39. The van der Waals surface area contributed by atoms with Crippen LogP contribution in [0.5, 0.6) is 0 Å². The summed E-state index contributed by atoms with van der Waals surface area (Å²) in [6, 6.07) is 14.1. The van der Waals surface area contributed by atoms with E-state index in [0.29, 0.717) is 5.56 Å². The van der Waals surface area contributed by atoms with Crippen LogP contribution in [0.4, 0.5) is 5.69 Å². The molecule has 0 spiro atoms. The third-order valence-electron chi connectivity index (χ3n) is 4.07. The molecule has 21 heavy (non-hydrogen) atoms. The lowest BCUT2D eigenvalue weighted by Gasteiger charge is -2.19. The van der Waals surface area contributed by atoms with Gasteiger partial charge in [-0.25, -0.2) is 0 Å². The molecule has 2 aromatic carbocycles. The number of carbonyl (C=O) groups excluding carboxylic acids is 1. The molecule has 2 aromatic rings. The number of rotatable bonds is 4. The highest BCUT2D eigenvalue weighted by Gasteiger charge is 2.29. The summed E-state index contributed by atoms with van der Waals surface area (Å²) >= 11 is 0. The molecule has 0 bridgehead atoms. The molecule has 3 heteroatoms. The van der Waals surface area contributed by atoms with Crippen LogP contribution in [0.3, 0.4) is 0 Å². The summed E-state index contributed by atoms with van der Waals surface area (Å²) in [5.41, 5.74) is 11.3. The largest absolute Gasteiger partial charge is 0.380 e. The molecule has 0 fully saturated rings. The van der Waals surface area contributed by atoms with E-state index in [4.69, 9.17) is 5.73 Å². The highest BCUT2D eigenvalue weighted by Crippen LogP contribution is 2.31.